The summed E-state index contributed by atoms with van der Waals surface area (Å²) in [6, 6.07) is 6.56. The summed E-state index contributed by atoms with van der Waals surface area (Å²) in [5.41, 5.74) is 0.599. The van der Waals surface area contributed by atoms with Crippen molar-refractivity contribution in [2.24, 2.45) is 5.92 Å². The summed E-state index contributed by atoms with van der Waals surface area (Å²) < 4.78 is 11.7. The van der Waals surface area contributed by atoms with Gasteiger partial charge in [-0.25, -0.2) is 0 Å². The summed E-state index contributed by atoms with van der Waals surface area (Å²) in [4.78, 5) is 10.6. The van der Waals surface area contributed by atoms with Crippen LogP contribution in [0.4, 0.5) is 5.69 Å². The van der Waals surface area contributed by atoms with E-state index in [2.05, 4.69) is 13.8 Å². The van der Waals surface area contributed by atoms with Crippen LogP contribution in [-0.4, -0.2) is 34.9 Å². The van der Waals surface area contributed by atoms with Gasteiger partial charge in [0, 0.05) is 12.5 Å². The number of hydrogen-bond acceptors (Lipinski definition) is 5. The van der Waals surface area contributed by atoms with Crippen molar-refractivity contribution in [3.05, 3.63) is 39.9 Å². The molecule has 1 aliphatic heterocycles. The maximum atomic E-state index is 11.0. The fraction of sp³-hybridized carbons (Fsp3) is 0.684. The number of nitrogens with zero attached hydrogens (tertiary/aromatic N) is 1. The number of para-hydroxylation sites is 1. The molecule has 0 bridgehead atoms. The second-order valence-electron chi connectivity index (χ2n) is 6.13. The Morgan fingerprint density at radius 2 is 2.08 bits per heavy atom. The van der Waals surface area contributed by atoms with Crippen LogP contribution in [-0.2, 0) is 16.1 Å². The Morgan fingerprint density at radius 1 is 1.40 bits per heavy atom. The Hall–Kier alpha value is -1.50. The van der Waals surface area contributed by atoms with Gasteiger partial charge < -0.3 is 14.6 Å². The molecular weight excluding hydrogens is 322 g/mol. The summed E-state index contributed by atoms with van der Waals surface area (Å²) in [5.74, 6) is 0.411. The molecule has 4 atom stereocenters. The maximum Gasteiger partial charge on any atom is 0.274 e. The molecule has 6 nitrogen and oxygen atoms in total. The van der Waals surface area contributed by atoms with E-state index in [1.54, 1.807) is 18.2 Å². The largest absolute Gasteiger partial charge is 0.394 e. The number of rotatable bonds is 8. The summed E-state index contributed by atoms with van der Waals surface area (Å²) in [6.45, 7) is 8.33. The molecule has 1 aliphatic rings. The third kappa shape index (κ3) is 6.06. The van der Waals surface area contributed by atoms with Crippen molar-refractivity contribution in [2.45, 2.75) is 71.9 Å². The van der Waals surface area contributed by atoms with Gasteiger partial charge in [-0.15, -0.1) is 0 Å². The van der Waals surface area contributed by atoms with Crippen LogP contribution in [0.3, 0.4) is 0 Å². The van der Waals surface area contributed by atoms with Crippen LogP contribution >= 0.6 is 0 Å². The molecule has 0 saturated carbocycles. The highest BCUT2D eigenvalue weighted by atomic mass is 16.6. The van der Waals surface area contributed by atoms with Gasteiger partial charge in [0.1, 0.15) is 6.10 Å². The van der Waals surface area contributed by atoms with Gasteiger partial charge in [-0.2, -0.15) is 0 Å². The van der Waals surface area contributed by atoms with Crippen molar-refractivity contribution in [2.75, 3.05) is 6.61 Å². The number of nitro groups is 1. The number of nitro benzene ring substituents is 1. The minimum absolute atomic E-state index is 0.0582. The number of aliphatic hydroxyl groups excluding tert-OH is 1. The number of benzene rings is 1. The van der Waals surface area contributed by atoms with Crippen LogP contribution < -0.4 is 0 Å². The van der Waals surface area contributed by atoms with E-state index in [4.69, 9.17) is 9.47 Å². The highest BCUT2D eigenvalue weighted by molar-refractivity contribution is 5.39. The monoisotopic (exact) mass is 353 g/mol. The first-order valence-electron chi connectivity index (χ1n) is 9.17. The molecule has 1 N–H and O–H groups in total. The molecule has 4 unspecified atom stereocenters. The molecule has 1 fully saturated rings. The molecule has 2 rings (SSSR count). The van der Waals surface area contributed by atoms with Crippen LogP contribution in [0.15, 0.2) is 24.3 Å². The standard InChI is InChI=1S/C17H25NO5.C2H6/c1-3-6-12(2)15-9-16(17(10-19)23-15)22-11-13-7-4-5-8-14(13)18(20)21;1-2/h4-5,7-8,12,15-17,19H,3,6,9-11H2,1-2H3;1-2H3. The molecular formula is C19H31NO5. The van der Waals surface area contributed by atoms with E-state index in [1.807, 2.05) is 13.8 Å². The Morgan fingerprint density at radius 3 is 2.68 bits per heavy atom. The maximum absolute atomic E-state index is 11.0. The lowest BCUT2D eigenvalue weighted by Crippen LogP contribution is -2.27. The van der Waals surface area contributed by atoms with Crippen molar-refractivity contribution in [3.63, 3.8) is 0 Å². The van der Waals surface area contributed by atoms with E-state index in [0.29, 0.717) is 17.9 Å². The Labute approximate surface area is 150 Å². The van der Waals surface area contributed by atoms with Crippen molar-refractivity contribution in [1.82, 2.24) is 0 Å². The zero-order chi connectivity index (χ0) is 18.8. The summed E-state index contributed by atoms with van der Waals surface area (Å²) >= 11 is 0. The van der Waals surface area contributed by atoms with Crippen LogP contribution in [0.25, 0.3) is 0 Å². The lowest BCUT2D eigenvalue weighted by atomic mass is 9.96. The van der Waals surface area contributed by atoms with Gasteiger partial charge in [-0.3, -0.25) is 10.1 Å². The Balaban J connectivity index is 0.00000151. The van der Waals surface area contributed by atoms with Crippen molar-refractivity contribution in [3.8, 4) is 0 Å². The Kier molecular flexibility index (Phi) is 9.63. The predicted octanol–water partition coefficient (Wildman–Crippen LogP) is 4.09. The molecule has 1 aromatic rings. The molecule has 25 heavy (non-hydrogen) atoms. The van der Waals surface area contributed by atoms with Crippen LogP contribution in [0.2, 0.25) is 0 Å². The summed E-state index contributed by atoms with van der Waals surface area (Å²) in [7, 11) is 0. The highest BCUT2D eigenvalue weighted by Gasteiger charge is 2.38. The molecule has 1 heterocycles. The van der Waals surface area contributed by atoms with E-state index >= 15 is 0 Å². The van der Waals surface area contributed by atoms with Crippen molar-refractivity contribution < 1.29 is 19.5 Å². The summed E-state index contributed by atoms with van der Waals surface area (Å²) in [5, 5.41) is 20.5. The third-order valence-corrected chi connectivity index (χ3v) is 4.43. The minimum Gasteiger partial charge on any atom is -0.394 e. The zero-order valence-corrected chi connectivity index (χ0v) is 15.7. The second kappa shape index (κ2) is 11.2. The minimum atomic E-state index is -0.403. The summed E-state index contributed by atoms with van der Waals surface area (Å²) in [6.07, 6.45) is 2.35. The SMILES string of the molecule is CC.CCCC(C)C1CC(OCc2ccccc2[N+](=O)[O-])C(CO)O1. The fourth-order valence-corrected chi connectivity index (χ4v) is 3.10. The first-order valence-corrected chi connectivity index (χ1v) is 9.17. The smallest absolute Gasteiger partial charge is 0.274 e. The quantitative estimate of drug-likeness (QED) is 0.562. The van der Waals surface area contributed by atoms with Gasteiger partial charge in [0.2, 0.25) is 0 Å². The van der Waals surface area contributed by atoms with E-state index < -0.39 is 4.92 Å². The molecule has 6 heteroatoms. The van der Waals surface area contributed by atoms with Crippen LogP contribution in [0.1, 0.15) is 52.5 Å². The first kappa shape index (κ1) is 21.5. The molecule has 0 spiro atoms. The fourth-order valence-electron chi connectivity index (χ4n) is 3.10. The van der Waals surface area contributed by atoms with Crippen LogP contribution in [0, 0.1) is 16.0 Å². The first-order chi connectivity index (χ1) is 12.1. The molecule has 1 aromatic carbocycles. The average Bonchev–Trinajstić information content (AvgIpc) is 3.05. The average molecular weight is 353 g/mol. The van der Waals surface area contributed by atoms with E-state index in [9.17, 15) is 15.2 Å². The number of aliphatic hydroxyl groups is 1. The van der Waals surface area contributed by atoms with Crippen molar-refractivity contribution >= 4 is 5.69 Å². The second-order valence-corrected chi connectivity index (χ2v) is 6.13. The van der Waals surface area contributed by atoms with E-state index in [1.165, 1.54) is 6.07 Å². The molecule has 0 aliphatic carbocycles. The van der Waals surface area contributed by atoms with Gasteiger partial charge in [-0.05, 0) is 18.4 Å². The lowest BCUT2D eigenvalue weighted by Gasteiger charge is -2.18. The zero-order valence-electron chi connectivity index (χ0n) is 15.7. The van der Waals surface area contributed by atoms with Gasteiger partial charge in [0.05, 0.1) is 35.9 Å². The molecule has 142 valence electrons. The van der Waals surface area contributed by atoms with E-state index in [-0.39, 0.29) is 37.2 Å². The lowest BCUT2D eigenvalue weighted by molar-refractivity contribution is -0.386. The van der Waals surface area contributed by atoms with Gasteiger partial charge in [0.25, 0.3) is 5.69 Å². The van der Waals surface area contributed by atoms with Crippen LogP contribution in [0.5, 0.6) is 0 Å². The normalized spacial score (nSPS) is 23.6. The Bertz CT molecular complexity index is 522. The number of ether oxygens (including phenoxy) is 2. The van der Waals surface area contributed by atoms with Crippen molar-refractivity contribution in [1.29, 1.82) is 0 Å². The molecule has 0 radical (unpaired) electrons. The molecule has 0 amide bonds. The number of hydrogen-bond donors (Lipinski definition) is 1. The van der Waals surface area contributed by atoms with Gasteiger partial charge >= 0.3 is 0 Å². The molecule has 1 saturated heterocycles. The van der Waals surface area contributed by atoms with E-state index in [0.717, 1.165) is 12.8 Å². The van der Waals surface area contributed by atoms with Gasteiger partial charge in [-0.1, -0.05) is 46.2 Å². The van der Waals surface area contributed by atoms with Gasteiger partial charge in [0.15, 0.2) is 0 Å². The predicted molar refractivity (Wildman–Crippen MR) is 97.5 cm³/mol. The highest BCUT2D eigenvalue weighted by Crippen LogP contribution is 2.31. The molecule has 0 aromatic heterocycles. The third-order valence-electron chi connectivity index (χ3n) is 4.43. The topological polar surface area (TPSA) is 81.8 Å².